The van der Waals surface area contributed by atoms with Gasteiger partial charge in [-0.1, -0.05) is 6.07 Å². The number of hydrogen-bond acceptors (Lipinski definition) is 6. The molecule has 0 saturated heterocycles. The minimum absolute atomic E-state index is 0.0381. The Morgan fingerprint density at radius 1 is 0.964 bits per heavy atom. The number of rotatable bonds is 5. The molecule has 0 fully saturated rings. The third-order valence-corrected chi connectivity index (χ3v) is 3.60. The van der Waals surface area contributed by atoms with Crippen LogP contribution in [0.5, 0.6) is 0 Å². The van der Waals surface area contributed by atoms with Crippen molar-refractivity contribution in [2.75, 3.05) is 10.6 Å². The number of anilines is 3. The minimum atomic E-state index is -4.54. The van der Waals surface area contributed by atoms with Gasteiger partial charge >= 0.3 is 6.18 Å². The van der Waals surface area contributed by atoms with Crippen LogP contribution >= 0.6 is 0 Å². The maximum Gasteiger partial charge on any atom is 0.433 e. The lowest BCUT2D eigenvalue weighted by atomic mass is 10.2. The lowest BCUT2D eigenvalue weighted by molar-refractivity contribution is -0.141. The van der Waals surface area contributed by atoms with Crippen LogP contribution in [0.4, 0.5) is 30.5 Å². The number of pyridine rings is 2. The van der Waals surface area contributed by atoms with E-state index in [9.17, 15) is 13.2 Å². The average molecular weight is 388 g/mol. The predicted octanol–water partition coefficient (Wildman–Crippen LogP) is 4.82. The molecule has 3 rings (SSSR count). The third-order valence-electron chi connectivity index (χ3n) is 3.60. The summed E-state index contributed by atoms with van der Waals surface area (Å²) < 4.78 is 39.0. The highest BCUT2D eigenvalue weighted by atomic mass is 19.4. The van der Waals surface area contributed by atoms with Gasteiger partial charge in [-0.2, -0.15) is 13.2 Å². The molecule has 3 aromatic heterocycles. The summed E-state index contributed by atoms with van der Waals surface area (Å²) in [7, 11) is 0. The highest BCUT2D eigenvalue weighted by Crippen LogP contribution is 2.29. The number of aromatic nitrogens is 4. The Morgan fingerprint density at radius 3 is 2.39 bits per heavy atom. The number of nitrogens with one attached hydrogen (secondary N) is 2. The van der Waals surface area contributed by atoms with E-state index in [0.717, 1.165) is 17.4 Å². The summed E-state index contributed by atoms with van der Waals surface area (Å²) in [6, 6.07) is 9.02. The van der Waals surface area contributed by atoms with E-state index in [2.05, 4.69) is 30.6 Å². The van der Waals surface area contributed by atoms with Gasteiger partial charge < -0.3 is 10.6 Å². The van der Waals surface area contributed by atoms with Crippen LogP contribution in [0.1, 0.15) is 25.2 Å². The van der Waals surface area contributed by atoms with Gasteiger partial charge in [0.05, 0.1) is 0 Å². The molecule has 0 aliphatic rings. The summed E-state index contributed by atoms with van der Waals surface area (Å²) in [4.78, 5) is 16.5. The molecule has 0 atom stereocenters. The van der Waals surface area contributed by atoms with Gasteiger partial charge in [0.15, 0.2) is 5.82 Å². The molecule has 3 heterocycles. The lowest BCUT2D eigenvalue weighted by Crippen LogP contribution is -2.13. The second-order valence-corrected chi connectivity index (χ2v) is 6.48. The Labute approximate surface area is 160 Å². The van der Waals surface area contributed by atoms with Crippen LogP contribution in [0, 0.1) is 6.92 Å². The van der Waals surface area contributed by atoms with Gasteiger partial charge in [0.25, 0.3) is 0 Å². The summed E-state index contributed by atoms with van der Waals surface area (Å²) in [5, 5.41) is 6.28. The first-order valence-electron chi connectivity index (χ1n) is 8.60. The van der Waals surface area contributed by atoms with E-state index in [0.29, 0.717) is 11.6 Å². The van der Waals surface area contributed by atoms with E-state index in [4.69, 9.17) is 0 Å². The van der Waals surface area contributed by atoms with E-state index in [1.807, 2.05) is 26.8 Å². The smallest absolute Gasteiger partial charge is 0.368 e. The zero-order chi connectivity index (χ0) is 20.3. The molecule has 9 heteroatoms. The van der Waals surface area contributed by atoms with Crippen molar-refractivity contribution >= 4 is 17.3 Å². The van der Waals surface area contributed by atoms with Crippen LogP contribution < -0.4 is 10.6 Å². The number of nitrogens with zero attached hydrogens (tertiary/aromatic N) is 4. The first kappa shape index (κ1) is 19.5. The van der Waals surface area contributed by atoms with Crippen molar-refractivity contribution in [3.63, 3.8) is 0 Å². The summed E-state index contributed by atoms with van der Waals surface area (Å²) >= 11 is 0. The molecule has 0 aliphatic carbocycles. The summed E-state index contributed by atoms with van der Waals surface area (Å²) in [6.07, 6.45) is -2.89. The van der Waals surface area contributed by atoms with E-state index in [1.54, 1.807) is 18.3 Å². The SMILES string of the molecule is Cc1cc(Nc2cc(NC(C)C)nc(-c3cccc(C(F)(F)F)n3)n2)ccn1. The lowest BCUT2D eigenvalue weighted by Gasteiger charge is -2.14. The molecule has 28 heavy (non-hydrogen) atoms. The van der Waals surface area contributed by atoms with Gasteiger partial charge in [-0.05, 0) is 45.0 Å². The van der Waals surface area contributed by atoms with Crippen LogP contribution in [0.15, 0.2) is 42.6 Å². The zero-order valence-electron chi connectivity index (χ0n) is 15.5. The van der Waals surface area contributed by atoms with Gasteiger partial charge in [-0.15, -0.1) is 0 Å². The number of hydrogen-bond donors (Lipinski definition) is 2. The van der Waals surface area contributed by atoms with Gasteiger partial charge in [-0.25, -0.2) is 15.0 Å². The summed E-state index contributed by atoms with van der Waals surface area (Å²) in [5.41, 5.74) is 0.621. The van der Waals surface area contributed by atoms with E-state index >= 15 is 0 Å². The normalized spacial score (nSPS) is 11.5. The maximum absolute atomic E-state index is 13.0. The van der Waals surface area contributed by atoms with E-state index in [1.165, 1.54) is 12.1 Å². The van der Waals surface area contributed by atoms with Crippen molar-refractivity contribution in [2.45, 2.75) is 33.0 Å². The topological polar surface area (TPSA) is 75.6 Å². The standard InChI is InChI=1S/C19H19F3N6/c1-11(2)24-16-10-17(25-13-7-8-23-12(3)9-13)28-18(27-16)14-5-4-6-15(26-14)19(20,21)22/h4-11H,1-3H3,(H2,23,24,25,27,28). The first-order chi connectivity index (χ1) is 13.2. The Kier molecular flexibility index (Phi) is 5.43. The van der Waals surface area contributed by atoms with Gasteiger partial charge in [0, 0.05) is 29.7 Å². The van der Waals surface area contributed by atoms with E-state index < -0.39 is 11.9 Å². The van der Waals surface area contributed by atoms with Crippen LogP contribution in [0.3, 0.4) is 0 Å². The van der Waals surface area contributed by atoms with Crippen molar-refractivity contribution in [3.8, 4) is 11.5 Å². The molecular weight excluding hydrogens is 369 g/mol. The van der Waals surface area contributed by atoms with Crippen molar-refractivity contribution < 1.29 is 13.2 Å². The monoisotopic (exact) mass is 388 g/mol. The molecule has 0 spiro atoms. The molecule has 2 N–H and O–H groups in total. The van der Waals surface area contributed by atoms with Crippen molar-refractivity contribution in [3.05, 3.63) is 54.0 Å². The maximum atomic E-state index is 13.0. The predicted molar refractivity (Wildman–Crippen MR) is 101 cm³/mol. The molecule has 0 amide bonds. The fraction of sp³-hybridized carbons (Fsp3) is 0.263. The molecule has 0 saturated carbocycles. The Bertz CT molecular complexity index is 972. The second kappa shape index (κ2) is 7.79. The molecule has 146 valence electrons. The molecule has 0 aliphatic heterocycles. The van der Waals surface area contributed by atoms with Crippen molar-refractivity contribution in [1.29, 1.82) is 0 Å². The minimum Gasteiger partial charge on any atom is -0.368 e. The largest absolute Gasteiger partial charge is 0.433 e. The van der Waals surface area contributed by atoms with E-state index in [-0.39, 0.29) is 17.6 Å². The molecular formula is C19H19F3N6. The molecule has 0 aromatic carbocycles. The number of halogens is 3. The van der Waals surface area contributed by atoms with Gasteiger partial charge in [0.1, 0.15) is 23.0 Å². The molecule has 0 bridgehead atoms. The fourth-order valence-corrected chi connectivity index (χ4v) is 2.48. The molecule has 0 radical (unpaired) electrons. The second-order valence-electron chi connectivity index (χ2n) is 6.48. The Hall–Kier alpha value is -3.23. The first-order valence-corrected chi connectivity index (χ1v) is 8.60. The number of alkyl halides is 3. The number of aryl methyl sites for hydroxylation is 1. The van der Waals surface area contributed by atoms with Crippen LogP contribution in [0.25, 0.3) is 11.5 Å². The Morgan fingerprint density at radius 2 is 1.71 bits per heavy atom. The van der Waals surface area contributed by atoms with Crippen molar-refractivity contribution in [2.24, 2.45) is 0 Å². The van der Waals surface area contributed by atoms with Crippen LogP contribution in [-0.4, -0.2) is 26.0 Å². The van der Waals surface area contributed by atoms with Gasteiger partial charge in [-0.3, -0.25) is 4.98 Å². The highest BCUT2D eigenvalue weighted by molar-refractivity contribution is 5.63. The quantitative estimate of drug-likeness (QED) is 0.652. The Balaban J connectivity index is 2.03. The molecule has 6 nitrogen and oxygen atoms in total. The zero-order valence-corrected chi connectivity index (χ0v) is 15.5. The third kappa shape index (κ3) is 4.93. The fourth-order valence-electron chi connectivity index (χ4n) is 2.48. The summed E-state index contributed by atoms with van der Waals surface area (Å²) in [6.45, 7) is 5.72. The highest BCUT2D eigenvalue weighted by Gasteiger charge is 2.32. The average Bonchev–Trinajstić information content (AvgIpc) is 2.60. The summed E-state index contributed by atoms with van der Waals surface area (Å²) in [5.74, 6) is 0.996. The van der Waals surface area contributed by atoms with Crippen LogP contribution in [-0.2, 0) is 6.18 Å². The molecule has 0 unspecified atom stereocenters. The van der Waals surface area contributed by atoms with Gasteiger partial charge in [0.2, 0.25) is 0 Å². The van der Waals surface area contributed by atoms with Crippen molar-refractivity contribution in [1.82, 2.24) is 19.9 Å². The molecule has 3 aromatic rings. The van der Waals surface area contributed by atoms with Crippen LogP contribution in [0.2, 0.25) is 0 Å².